The van der Waals surface area contributed by atoms with Crippen LogP contribution in [-0.2, 0) is 10.2 Å². The minimum Gasteiger partial charge on any atom is -0.444 e. The number of amides is 1. The number of benzene rings is 1. The second-order valence-electron chi connectivity index (χ2n) is 6.01. The Morgan fingerprint density at radius 1 is 1.45 bits per heavy atom. The highest BCUT2D eigenvalue weighted by molar-refractivity contribution is 9.10. The molecule has 1 amide bonds. The fourth-order valence-electron chi connectivity index (χ4n) is 2.02. The number of hydrogen-bond acceptors (Lipinski definition) is 3. The molecular weight excluding hydrogens is 320 g/mol. The Morgan fingerprint density at radius 3 is 2.60 bits per heavy atom. The van der Waals surface area contributed by atoms with E-state index in [0.717, 1.165) is 22.9 Å². The van der Waals surface area contributed by atoms with Crippen molar-refractivity contribution in [1.29, 1.82) is 5.26 Å². The number of nitriles is 1. The van der Waals surface area contributed by atoms with Crippen LogP contribution in [0.15, 0.2) is 22.7 Å². The average Bonchev–Trinajstić information content (AvgIpc) is 3.07. The summed E-state index contributed by atoms with van der Waals surface area (Å²) in [5.74, 6) is 0. The van der Waals surface area contributed by atoms with Gasteiger partial charge in [-0.25, -0.2) is 4.79 Å². The van der Waals surface area contributed by atoms with Crippen molar-refractivity contribution < 1.29 is 9.53 Å². The first kappa shape index (κ1) is 14.9. The molecule has 1 aromatic rings. The van der Waals surface area contributed by atoms with Gasteiger partial charge in [-0.15, -0.1) is 0 Å². The van der Waals surface area contributed by atoms with Crippen LogP contribution in [0.4, 0.5) is 10.5 Å². The van der Waals surface area contributed by atoms with E-state index in [1.165, 1.54) is 0 Å². The van der Waals surface area contributed by atoms with Crippen molar-refractivity contribution in [2.45, 2.75) is 44.6 Å². The zero-order valence-electron chi connectivity index (χ0n) is 11.8. The molecule has 0 atom stereocenters. The molecule has 2 rings (SSSR count). The van der Waals surface area contributed by atoms with Gasteiger partial charge < -0.3 is 4.74 Å². The molecule has 0 aromatic heterocycles. The normalized spacial score (nSPS) is 16.1. The average molecular weight is 337 g/mol. The van der Waals surface area contributed by atoms with Crippen molar-refractivity contribution in [1.82, 2.24) is 0 Å². The lowest BCUT2D eigenvalue weighted by Gasteiger charge is -2.21. The molecule has 0 unspecified atom stereocenters. The van der Waals surface area contributed by atoms with Crippen LogP contribution < -0.4 is 5.32 Å². The third kappa shape index (κ3) is 3.31. The Labute approximate surface area is 127 Å². The first-order chi connectivity index (χ1) is 9.26. The van der Waals surface area contributed by atoms with E-state index in [1.54, 1.807) is 6.07 Å². The van der Waals surface area contributed by atoms with Gasteiger partial charge in [-0.3, -0.25) is 5.32 Å². The van der Waals surface area contributed by atoms with E-state index in [9.17, 15) is 10.1 Å². The van der Waals surface area contributed by atoms with Crippen LogP contribution >= 0.6 is 15.9 Å². The van der Waals surface area contributed by atoms with Crippen molar-refractivity contribution in [2.24, 2.45) is 0 Å². The van der Waals surface area contributed by atoms with Gasteiger partial charge in [-0.1, -0.05) is 22.0 Å². The highest BCUT2D eigenvalue weighted by Crippen LogP contribution is 2.50. The number of nitrogens with zero attached hydrogens (tertiary/aromatic N) is 1. The molecule has 1 aromatic carbocycles. The number of carbonyl (C=O) groups is 1. The van der Waals surface area contributed by atoms with Crippen LogP contribution in [-0.4, -0.2) is 11.7 Å². The van der Waals surface area contributed by atoms with Gasteiger partial charge in [0, 0.05) is 10.2 Å². The fourth-order valence-corrected chi connectivity index (χ4v) is 2.38. The Balaban J connectivity index is 2.25. The second kappa shape index (κ2) is 5.10. The van der Waals surface area contributed by atoms with Crippen molar-refractivity contribution in [2.75, 3.05) is 5.32 Å². The van der Waals surface area contributed by atoms with E-state index in [4.69, 9.17) is 4.74 Å². The lowest BCUT2D eigenvalue weighted by molar-refractivity contribution is 0.0636. The number of carbonyl (C=O) groups excluding carboxylic acids is 1. The Bertz CT molecular complexity index is 581. The van der Waals surface area contributed by atoms with Gasteiger partial charge in [0.25, 0.3) is 0 Å². The van der Waals surface area contributed by atoms with Gasteiger partial charge in [-0.05, 0) is 51.3 Å². The number of anilines is 1. The maximum absolute atomic E-state index is 11.9. The molecule has 0 bridgehead atoms. The molecule has 1 saturated carbocycles. The quantitative estimate of drug-likeness (QED) is 0.873. The topological polar surface area (TPSA) is 62.1 Å². The number of rotatable bonds is 2. The van der Waals surface area contributed by atoms with Crippen LogP contribution in [0.2, 0.25) is 0 Å². The molecule has 0 saturated heterocycles. The molecular formula is C15H17BrN2O2. The van der Waals surface area contributed by atoms with Gasteiger partial charge in [0.2, 0.25) is 0 Å². The standard InChI is InChI=1S/C15H17BrN2O2/c1-14(2,3)20-13(19)18-12-8-10(16)4-5-11(12)15(9-17)6-7-15/h4-5,8H,6-7H2,1-3H3,(H,18,19). The molecule has 1 N–H and O–H groups in total. The highest BCUT2D eigenvalue weighted by Gasteiger charge is 2.46. The molecule has 106 valence electrons. The second-order valence-corrected chi connectivity index (χ2v) is 6.93. The molecule has 20 heavy (non-hydrogen) atoms. The minimum atomic E-state index is -0.553. The van der Waals surface area contributed by atoms with Crippen molar-refractivity contribution >= 4 is 27.7 Å². The van der Waals surface area contributed by atoms with E-state index in [0.29, 0.717) is 5.69 Å². The predicted molar refractivity (Wildman–Crippen MR) is 80.5 cm³/mol. The van der Waals surface area contributed by atoms with E-state index < -0.39 is 17.1 Å². The van der Waals surface area contributed by atoms with Gasteiger partial charge in [0.15, 0.2) is 0 Å². The van der Waals surface area contributed by atoms with Crippen LogP contribution in [0.25, 0.3) is 0 Å². The molecule has 1 fully saturated rings. The monoisotopic (exact) mass is 336 g/mol. The van der Waals surface area contributed by atoms with Gasteiger partial charge in [0.05, 0.1) is 11.5 Å². The lowest BCUT2D eigenvalue weighted by atomic mass is 9.96. The summed E-state index contributed by atoms with van der Waals surface area (Å²) in [6.45, 7) is 5.43. The zero-order valence-corrected chi connectivity index (χ0v) is 13.4. The Kier molecular flexibility index (Phi) is 3.79. The highest BCUT2D eigenvalue weighted by atomic mass is 79.9. The van der Waals surface area contributed by atoms with E-state index in [-0.39, 0.29) is 0 Å². The van der Waals surface area contributed by atoms with E-state index in [1.807, 2.05) is 32.9 Å². The molecule has 1 aliphatic rings. The lowest BCUT2D eigenvalue weighted by Crippen LogP contribution is -2.28. The van der Waals surface area contributed by atoms with Crippen molar-refractivity contribution in [3.8, 4) is 6.07 Å². The number of nitrogens with one attached hydrogen (secondary N) is 1. The molecule has 0 aliphatic heterocycles. The first-order valence-electron chi connectivity index (χ1n) is 6.47. The van der Waals surface area contributed by atoms with Crippen molar-refractivity contribution in [3.63, 3.8) is 0 Å². The summed E-state index contributed by atoms with van der Waals surface area (Å²) in [6.07, 6.45) is 1.15. The van der Waals surface area contributed by atoms with Gasteiger partial charge in [0.1, 0.15) is 5.60 Å². The number of hydrogen-bond donors (Lipinski definition) is 1. The van der Waals surface area contributed by atoms with Crippen LogP contribution in [0.3, 0.4) is 0 Å². The largest absolute Gasteiger partial charge is 0.444 e. The summed E-state index contributed by atoms with van der Waals surface area (Å²) in [4.78, 5) is 11.9. The summed E-state index contributed by atoms with van der Waals surface area (Å²) in [5, 5.41) is 12.1. The number of halogens is 1. The fraction of sp³-hybridized carbons (Fsp3) is 0.467. The summed E-state index contributed by atoms with van der Waals surface area (Å²) >= 11 is 3.38. The summed E-state index contributed by atoms with van der Waals surface area (Å²) < 4.78 is 6.10. The molecule has 1 aliphatic carbocycles. The Hall–Kier alpha value is -1.54. The van der Waals surface area contributed by atoms with Gasteiger partial charge >= 0.3 is 6.09 Å². The molecule has 0 heterocycles. The molecule has 5 heteroatoms. The van der Waals surface area contributed by atoms with E-state index in [2.05, 4.69) is 27.3 Å². The Morgan fingerprint density at radius 2 is 2.10 bits per heavy atom. The number of ether oxygens (including phenoxy) is 1. The SMILES string of the molecule is CC(C)(C)OC(=O)Nc1cc(Br)ccc1C1(C#N)CC1. The van der Waals surface area contributed by atoms with Gasteiger partial charge in [-0.2, -0.15) is 5.26 Å². The zero-order chi connectivity index (χ0) is 15.0. The molecule has 4 nitrogen and oxygen atoms in total. The van der Waals surface area contributed by atoms with Crippen LogP contribution in [0.1, 0.15) is 39.2 Å². The minimum absolute atomic E-state index is 0.453. The van der Waals surface area contributed by atoms with Crippen molar-refractivity contribution in [3.05, 3.63) is 28.2 Å². The first-order valence-corrected chi connectivity index (χ1v) is 7.26. The van der Waals surface area contributed by atoms with Crippen LogP contribution in [0, 0.1) is 11.3 Å². The summed E-state index contributed by atoms with van der Waals surface area (Å²) in [7, 11) is 0. The molecule has 0 radical (unpaired) electrons. The smallest absolute Gasteiger partial charge is 0.412 e. The maximum Gasteiger partial charge on any atom is 0.412 e. The third-order valence-electron chi connectivity index (χ3n) is 3.10. The van der Waals surface area contributed by atoms with Crippen LogP contribution in [0.5, 0.6) is 0 Å². The third-order valence-corrected chi connectivity index (χ3v) is 3.59. The molecule has 0 spiro atoms. The predicted octanol–water partition coefficient (Wildman–Crippen LogP) is 4.35. The van der Waals surface area contributed by atoms with E-state index >= 15 is 0 Å². The summed E-state index contributed by atoms with van der Waals surface area (Å²) in [6, 6.07) is 7.91. The maximum atomic E-state index is 11.9. The summed E-state index contributed by atoms with van der Waals surface area (Å²) in [5.41, 5.74) is 0.482.